The van der Waals surface area contributed by atoms with Crippen LogP contribution >= 0.6 is 0 Å². The van der Waals surface area contributed by atoms with Crippen LogP contribution in [0.2, 0.25) is 0 Å². The van der Waals surface area contributed by atoms with Gasteiger partial charge in [-0.05, 0) is 42.7 Å². The molecule has 0 aliphatic carbocycles. The molecule has 5 heteroatoms. The van der Waals surface area contributed by atoms with E-state index in [2.05, 4.69) is 23.3 Å². The molecule has 0 aromatic heterocycles. The summed E-state index contributed by atoms with van der Waals surface area (Å²) in [6, 6.07) is 11.2. The normalized spacial score (nSPS) is 13.2. The first-order valence-electron chi connectivity index (χ1n) is 7.99. The average molecular weight is 326 g/mol. The minimum Gasteiger partial charge on any atom is -0.497 e. The van der Waals surface area contributed by atoms with Crippen LogP contribution in [-0.2, 0) is 6.42 Å². The van der Waals surface area contributed by atoms with E-state index in [4.69, 9.17) is 9.47 Å². The summed E-state index contributed by atoms with van der Waals surface area (Å²) in [5.74, 6) is 0.986. The fourth-order valence-corrected chi connectivity index (χ4v) is 2.98. The third-order valence-corrected chi connectivity index (χ3v) is 4.31. The molecule has 126 valence electrons. The van der Waals surface area contributed by atoms with Crippen molar-refractivity contribution in [2.24, 2.45) is 0 Å². The van der Waals surface area contributed by atoms with Gasteiger partial charge in [0.2, 0.25) is 0 Å². The van der Waals surface area contributed by atoms with Gasteiger partial charge >= 0.3 is 0 Å². The number of rotatable bonds is 4. The number of nitrogens with one attached hydrogen (secondary N) is 1. The maximum absolute atomic E-state index is 12.6. The number of nitrogens with zero attached hydrogens (tertiary/aromatic N) is 1. The fourth-order valence-electron chi connectivity index (χ4n) is 2.98. The Labute approximate surface area is 142 Å². The first-order chi connectivity index (χ1) is 11.6. The van der Waals surface area contributed by atoms with Crippen LogP contribution in [0.5, 0.6) is 11.5 Å². The lowest BCUT2D eigenvalue weighted by Crippen LogP contribution is -2.24. The standard InChI is InChI=1S/C19H22N2O3/c1-21-8-4-5-13-6-7-15(11-18(13)21)20-19(22)14-9-16(23-2)12-17(10-14)24-3/h6-7,9-12H,4-5,8H2,1-3H3,(H,20,22). The summed E-state index contributed by atoms with van der Waals surface area (Å²) < 4.78 is 10.4. The Hall–Kier alpha value is -2.69. The van der Waals surface area contributed by atoms with E-state index in [0.717, 1.165) is 18.7 Å². The van der Waals surface area contributed by atoms with Crippen LogP contribution in [0.25, 0.3) is 0 Å². The predicted molar refractivity (Wildman–Crippen MR) is 95.5 cm³/mol. The second-order valence-electron chi connectivity index (χ2n) is 5.92. The summed E-state index contributed by atoms with van der Waals surface area (Å²) >= 11 is 0. The van der Waals surface area contributed by atoms with Gasteiger partial charge < -0.3 is 19.7 Å². The molecule has 1 aliphatic rings. The zero-order valence-electron chi connectivity index (χ0n) is 14.3. The Morgan fingerprint density at radius 3 is 2.46 bits per heavy atom. The van der Waals surface area contributed by atoms with Gasteiger partial charge in [-0.25, -0.2) is 0 Å². The van der Waals surface area contributed by atoms with Crippen LogP contribution in [0.1, 0.15) is 22.3 Å². The maximum atomic E-state index is 12.6. The quantitative estimate of drug-likeness (QED) is 0.936. The minimum absolute atomic E-state index is 0.189. The molecule has 0 saturated heterocycles. The highest BCUT2D eigenvalue weighted by atomic mass is 16.5. The molecule has 2 aromatic carbocycles. The van der Waals surface area contributed by atoms with Crippen molar-refractivity contribution in [1.82, 2.24) is 0 Å². The number of hydrogen-bond acceptors (Lipinski definition) is 4. The van der Waals surface area contributed by atoms with E-state index in [1.807, 2.05) is 12.1 Å². The monoisotopic (exact) mass is 326 g/mol. The van der Waals surface area contributed by atoms with E-state index in [1.165, 1.54) is 17.7 Å². The first kappa shape index (κ1) is 16.2. The average Bonchev–Trinajstić information content (AvgIpc) is 2.61. The van der Waals surface area contributed by atoms with Gasteiger partial charge in [-0.15, -0.1) is 0 Å². The van der Waals surface area contributed by atoms with Crippen LogP contribution < -0.4 is 19.7 Å². The molecular formula is C19H22N2O3. The molecule has 1 heterocycles. The molecule has 0 unspecified atom stereocenters. The highest BCUT2D eigenvalue weighted by Gasteiger charge is 2.15. The van der Waals surface area contributed by atoms with Crippen LogP contribution in [0.3, 0.4) is 0 Å². The zero-order chi connectivity index (χ0) is 17.1. The van der Waals surface area contributed by atoms with Gasteiger partial charge in [0.1, 0.15) is 11.5 Å². The van der Waals surface area contributed by atoms with Crippen molar-refractivity contribution in [3.05, 3.63) is 47.5 Å². The SMILES string of the molecule is COc1cc(OC)cc(C(=O)Nc2ccc3c(c2)N(C)CCC3)c1. The van der Waals surface area contributed by atoms with Crippen molar-refractivity contribution in [2.45, 2.75) is 12.8 Å². The predicted octanol–water partition coefficient (Wildman–Crippen LogP) is 3.34. The number of carbonyl (C=O) groups excluding carboxylic acids is 1. The van der Waals surface area contributed by atoms with Crippen molar-refractivity contribution >= 4 is 17.3 Å². The molecular weight excluding hydrogens is 304 g/mol. The highest BCUT2D eigenvalue weighted by molar-refractivity contribution is 6.05. The molecule has 0 fully saturated rings. The van der Waals surface area contributed by atoms with Gasteiger partial charge in [-0.1, -0.05) is 6.07 Å². The fraction of sp³-hybridized carbons (Fsp3) is 0.316. The van der Waals surface area contributed by atoms with Crippen LogP contribution in [0.15, 0.2) is 36.4 Å². The molecule has 0 radical (unpaired) electrons. The highest BCUT2D eigenvalue weighted by Crippen LogP contribution is 2.29. The molecule has 1 N–H and O–H groups in total. The molecule has 0 spiro atoms. The molecule has 5 nitrogen and oxygen atoms in total. The second kappa shape index (κ2) is 6.83. The molecule has 0 atom stereocenters. The van der Waals surface area contributed by atoms with Gasteiger partial charge in [0.15, 0.2) is 0 Å². The summed E-state index contributed by atoms with van der Waals surface area (Å²) in [5, 5.41) is 2.95. The summed E-state index contributed by atoms with van der Waals surface area (Å²) in [7, 11) is 5.21. The van der Waals surface area contributed by atoms with Crippen molar-refractivity contribution in [3.8, 4) is 11.5 Å². The number of ether oxygens (including phenoxy) is 2. The molecule has 1 amide bonds. The lowest BCUT2D eigenvalue weighted by atomic mass is 10.0. The number of amides is 1. The van der Waals surface area contributed by atoms with Gasteiger partial charge in [0, 0.05) is 36.6 Å². The molecule has 3 rings (SSSR count). The van der Waals surface area contributed by atoms with Crippen LogP contribution in [0, 0.1) is 0 Å². The van der Waals surface area contributed by atoms with E-state index in [9.17, 15) is 4.79 Å². The Kier molecular flexibility index (Phi) is 4.60. The van der Waals surface area contributed by atoms with Crippen molar-refractivity contribution in [1.29, 1.82) is 0 Å². The van der Waals surface area contributed by atoms with E-state index >= 15 is 0 Å². The number of hydrogen-bond donors (Lipinski definition) is 1. The smallest absolute Gasteiger partial charge is 0.255 e. The number of aryl methyl sites for hydroxylation is 1. The Balaban J connectivity index is 1.84. The van der Waals surface area contributed by atoms with E-state index in [-0.39, 0.29) is 5.91 Å². The van der Waals surface area contributed by atoms with Gasteiger partial charge in [0.25, 0.3) is 5.91 Å². The molecule has 2 aromatic rings. The van der Waals surface area contributed by atoms with E-state index in [1.54, 1.807) is 32.4 Å². The van der Waals surface area contributed by atoms with Crippen LogP contribution in [-0.4, -0.2) is 33.7 Å². The number of methoxy groups -OCH3 is 2. The molecule has 24 heavy (non-hydrogen) atoms. The lowest BCUT2D eigenvalue weighted by molar-refractivity contribution is 0.102. The summed E-state index contributed by atoms with van der Waals surface area (Å²) in [6.45, 7) is 1.04. The second-order valence-corrected chi connectivity index (χ2v) is 5.92. The topological polar surface area (TPSA) is 50.8 Å². The number of fused-ring (bicyclic) bond motifs is 1. The third-order valence-electron chi connectivity index (χ3n) is 4.31. The first-order valence-corrected chi connectivity index (χ1v) is 7.99. The maximum Gasteiger partial charge on any atom is 0.255 e. The Morgan fingerprint density at radius 2 is 1.79 bits per heavy atom. The summed E-state index contributed by atoms with van der Waals surface area (Å²) in [5.41, 5.74) is 3.79. The van der Waals surface area contributed by atoms with Gasteiger partial charge in [-0.3, -0.25) is 4.79 Å². The largest absolute Gasteiger partial charge is 0.497 e. The zero-order valence-corrected chi connectivity index (χ0v) is 14.3. The van der Waals surface area contributed by atoms with Crippen molar-refractivity contribution in [3.63, 3.8) is 0 Å². The van der Waals surface area contributed by atoms with Crippen molar-refractivity contribution < 1.29 is 14.3 Å². The lowest BCUT2D eigenvalue weighted by Gasteiger charge is -2.28. The summed E-state index contributed by atoms with van der Waals surface area (Å²) in [6.07, 6.45) is 2.25. The van der Waals surface area contributed by atoms with Crippen molar-refractivity contribution in [2.75, 3.05) is 38.0 Å². The van der Waals surface area contributed by atoms with Gasteiger partial charge in [0.05, 0.1) is 14.2 Å². The molecule has 0 saturated carbocycles. The molecule has 0 bridgehead atoms. The molecule has 1 aliphatic heterocycles. The van der Waals surface area contributed by atoms with Crippen LogP contribution in [0.4, 0.5) is 11.4 Å². The minimum atomic E-state index is -0.189. The number of benzene rings is 2. The number of anilines is 2. The Bertz CT molecular complexity index is 736. The van der Waals surface area contributed by atoms with Gasteiger partial charge in [-0.2, -0.15) is 0 Å². The van der Waals surface area contributed by atoms with E-state index in [0.29, 0.717) is 17.1 Å². The van der Waals surface area contributed by atoms with E-state index < -0.39 is 0 Å². The number of carbonyl (C=O) groups is 1. The summed E-state index contributed by atoms with van der Waals surface area (Å²) in [4.78, 5) is 14.8. The Morgan fingerprint density at radius 1 is 1.08 bits per heavy atom. The third kappa shape index (κ3) is 3.30.